The monoisotopic (exact) mass is 249 g/mol. The van der Waals surface area contributed by atoms with Gasteiger partial charge in [-0.2, -0.15) is 0 Å². The number of hydroxylamine groups is 1. The van der Waals surface area contributed by atoms with Gasteiger partial charge in [0, 0.05) is 18.9 Å². The second kappa shape index (κ2) is 6.21. The van der Waals surface area contributed by atoms with Gasteiger partial charge in [0.2, 0.25) is 0 Å². The molecule has 1 aliphatic carbocycles. The molecule has 1 N–H and O–H groups in total. The summed E-state index contributed by atoms with van der Waals surface area (Å²) in [6.07, 6.45) is 8.62. The molecule has 1 heterocycles. The van der Waals surface area contributed by atoms with E-state index < -0.39 is 0 Å². The van der Waals surface area contributed by atoms with E-state index in [1.165, 1.54) is 17.6 Å². The fraction of sp³-hybridized carbons (Fsp3) is 0.600. The maximum atomic E-state index is 5.61. The van der Waals surface area contributed by atoms with E-state index in [9.17, 15) is 0 Å². The van der Waals surface area contributed by atoms with Gasteiger partial charge in [-0.3, -0.25) is 5.48 Å². The highest BCUT2D eigenvalue weighted by molar-refractivity contribution is 5.33. The topological polar surface area (TPSA) is 30.5 Å². The Labute approximate surface area is 109 Å². The summed E-state index contributed by atoms with van der Waals surface area (Å²) in [6.45, 7) is 8.98. The molecular formula is C15H23NO2. The van der Waals surface area contributed by atoms with Gasteiger partial charge in [-0.25, -0.2) is 4.84 Å². The van der Waals surface area contributed by atoms with Crippen LogP contribution >= 0.6 is 0 Å². The predicted molar refractivity (Wildman–Crippen MR) is 72.6 cm³/mol. The van der Waals surface area contributed by atoms with Crippen LogP contribution in [0.4, 0.5) is 0 Å². The molecule has 18 heavy (non-hydrogen) atoms. The second-order valence-corrected chi connectivity index (χ2v) is 5.17. The summed E-state index contributed by atoms with van der Waals surface area (Å²) in [4.78, 5) is 5.61. The van der Waals surface area contributed by atoms with Crippen LogP contribution in [0.25, 0.3) is 0 Å². The van der Waals surface area contributed by atoms with Gasteiger partial charge >= 0.3 is 0 Å². The van der Waals surface area contributed by atoms with Crippen LogP contribution < -0.4 is 5.48 Å². The fourth-order valence-corrected chi connectivity index (χ4v) is 2.21. The van der Waals surface area contributed by atoms with Crippen molar-refractivity contribution in [3.05, 3.63) is 35.6 Å². The molecule has 3 heteroatoms. The highest BCUT2D eigenvalue weighted by atomic mass is 16.8. The lowest BCUT2D eigenvalue weighted by Crippen LogP contribution is -2.30. The zero-order chi connectivity index (χ0) is 13.0. The number of hydrogen-bond donors (Lipinski definition) is 1. The third-order valence-corrected chi connectivity index (χ3v) is 3.54. The maximum Gasteiger partial charge on any atom is 0.183 e. The van der Waals surface area contributed by atoms with Crippen LogP contribution in [-0.4, -0.2) is 12.9 Å². The van der Waals surface area contributed by atoms with Crippen molar-refractivity contribution in [3.63, 3.8) is 0 Å². The lowest BCUT2D eigenvalue weighted by molar-refractivity contribution is -0.189. The number of nitrogens with one attached hydrogen (secondary N) is 1. The van der Waals surface area contributed by atoms with E-state index in [1.807, 2.05) is 0 Å². The van der Waals surface area contributed by atoms with Crippen molar-refractivity contribution in [3.8, 4) is 0 Å². The van der Waals surface area contributed by atoms with Crippen molar-refractivity contribution < 1.29 is 9.57 Å². The Kier molecular flexibility index (Phi) is 4.61. The quantitative estimate of drug-likeness (QED) is 0.611. The Balaban J connectivity index is 1.89. The average Bonchev–Trinajstić information content (AvgIpc) is 2.38. The van der Waals surface area contributed by atoms with Gasteiger partial charge in [-0.05, 0) is 38.7 Å². The third-order valence-electron chi connectivity index (χ3n) is 3.54. The molecule has 0 spiro atoms. The van der Waals surface area contributed by atoms with Gasteiger partial charge in [-0.1, -0.05) is 24.3 Å². The Hall–Kier alpha value is -1.06. The van der Waals surface area contributed by atoms with Crippen LogP contribution in [0.1, 0.15) is 39.5 Å². The molecule has 100 valence electrons. The average molecular weight is 249 g/mol. The van der Waals surface area contributed by atoms with Crippen molar-refractivity contribution in [1.29, 1.82) is 0 Å². The first-order chi connectivity index (χ1) is 8.66. The summed E-state index contributed by atoms with van der Waals surface area (Å²) in [5, 5.41) is 0. The van der Waals surface area contributed by atoms with Crippen molar-refractivity contribution in [2.45, 2.75) is 45.8 Å². The molecule has 2 unspecified atom stereocenters. The fourth-order valence-electron chi connectivity index (χ4n) is 2.21. The van der Waals surface area contributed by atoms with E-state index in [0.29, 0.717) is 5.92 Å². The van der Waals surface area contributed by atoms with Crippen LogP contribution in [0.15, 0.2) is 35.6 Å². The van der Waals surface area contributed by atoms with E-state index in [4.69, 9.17) is 9.57 Å². The summed E-state index contributed by atoms with van der Waals surface area (Å²) in [5.41, 5.74) is 6.51. The van der Waals surface area contributed by atoms with E-state index in [-0.39, 0.29) is 6.29 Å². The van der Waals surface area contributed by atoms with Gasteiger partial charge < -0.3 is 4.74 Å². The minimum Gasteiger partial charge on any atom is -0.350 e. The Morgan fingerprint density at radius 3 is 3.00 bits per heavy atom. The molecule has 2 aliphatic rings. The Bertz CT molecular complexity index is 365. The summed E-state index contributed by atoms with van der Waals surface area (Å²) >= 11 is 0. The van der Waals surface area contributed by atoms with Gasteiger partial charge in [0.05, 0.1) is 5.70 Å². The first-order valence-corrected chi connectivity index (χ1v) is 6.74. The van der Waals surface area contributed by atoms with Crippen LogP contribution in [0, 0.1) is 5.92 Å². The van der Waals surface area contributed by atoms with Crippen molar-refractivity contribution in [1.82, 2.24) is 5.48 Å². The largest absolute Gasteiger partial charge is 0.350 e. The number of ether oxygens (including phenoxy) is 1. The molecule has 1 saturated heterocycles. The summed E-state index contributed by atoms with van der Waals surface area (Å²) < 4.78 is 5.53. The first kappa shape index (κ1) is 13.4. The standard InChI is InChI=1S/C15H23NO2/c1-11(2)13-8-7-12(3)14(10-13)16-18-15-6-4-5-9-17-15/h7,10,13,15-16H,1,4-6,8-9H2,2-3H3. The van der Waals surface area contributed by atoms with Gasteiger partial charge in [-0.15, -0.1) is 0 Å². The number of rotatable bonds is 4. The molecule has 0 radical (unpaired) electrons. The molecule has 0 saturated carbocycles. The zero-order valence-electron chi connectivity index (χ0n) is 11.4. The minimum atomic E-state index is -0.113. The zero-order valence-corrected chi connectivity index (χ0v) is 11.4. The van der Waals surface area contributed by atoms with Gasteiger partial charge in [0.15, 0.2) is 6.29 Å². The molecular weight excluding hydrogens is 226 g/mol. The summed E-state index contributed by atoms with van der Waals surface area (Å²) in [6, 6.07) is 0. The molecule has 3 nitrogen and oxygen atoms in total. The van der Waals surface area contributed by atoms with Crippen LogP contribution in [0.5, 0.6) is 0 Å². The molecule has 0 amide bonds. The molecule has 1 aliphatic heterocycles. The van der Waals surface area contributed by atoms with Crippen molar-refractivity contribution in [2.75, 3.05) is 6.61 Å². The van der Waals surface area contributed by atoms with E-state index in [0.717, 1.165) is 31.6 Å². The highest BCUT2D eigenvalue weighted by Gasteiger charge is 2.17. The predicted octanol–water partition coefficient (Wildman–Crippen LogP) is 3.46. The maximum absolute atomic E-state index is 5.61. The van der Waals surface area contributed by atoms with Gasteiger partial charge in [0.1, 0.15) is 0 Å². The minimum absolute atomic E-state index is 0.113. The second-order valence-electron chi connectivity index (χ2n) is 5.17. The Morgan fingerprint density at radius 2 is 2.33 bits per heavy atom. The molecule has 0 aromatic carbocycles. The molecule has 0 aromatic rings. The molecule has 0 aromatic heterocycles. The molecule has 1 fully saturated rings. The van der Waals surface area contributed by atoms with E-state index in [1.54, 1.807) is 0 Å². The number of allylic oxidation sites excluding steroid dienone is 4. The molecule has 0 bridgehead atoms. The van der Waals surface area contributed by atoms with Gasteiger partial charge in [0.25, 0.3) is 0 Å². The first-order valence-electron chi connectivity index (χ1n) is 6.74. The van der Waals surface area contributed by atoms with Crippen LogP contribution in [0.2, 0.25) is 0 Å². The third kappa shape index (κ3) is 3.47. The van der Waals surface area contributed by atoms with E-state index >= 15 is 0 Å². The molecule has 2 rings (SSSR count). The van der Waals surface area contributed by atoms with Crippen LogP contribution in [-0.2, 0) is 9.57 Å². The SMILES string of the molecule is C=C(C)C1C=C(NOC2CCCCO2)C(C)=CC1. The lowest BCUT2D eigenvalue weighted by atomic mass is 9.90. The number of hydrogen-bond acceptors (Lipinski definition) is 3. The Morgan fingerprint density at radius 1 is 1.50 bits per heavy atom. The normalized spacial score (nSPS) is 28.3. The summed E-state index contributed by atoms with van der Waals surface area (Å²) in [5.74, 6) is 0.409. The lowest BCUT2D eigenvalue weighted by Gasteiger charge is -2.26. The van der Waals surface area contributed by atoms with Crippen LogP contribution in [0.3, 0.4) is 0 Å². The van der Waals surface area contributed by atoms with E-state index in [2.05, 4.69) is 38.1 Å². The summed E-state index contributed by atoms with van der Waals surface area (Å²) in [7, 11) is 0. The molecule has 2 atom stereocenters. The highest BCUT2D eigenvalue weighted by Crippen LogP contribution is 2.26. The van der Waals surface area contributed by atoms with Crippen molar-refractivity contribution in [2.24, 2.45) is 5.92 Å². The van der Waals surface area contributed by atoms with Crippen molar-refractivity contribution >= 4 is 0 Å². The smallest absolute Gasteiger partial charge is 0.183 e.